The van der Waals surface area contributed by atoms with Crippen molar-refractivity contribution in [2.75, 3.05) is 18.0 Å². The molecule has 104 valence electrons. The lowest BCUT2D eigenvalue weighted by Gasteiger charge is -2.27. The Morgan fingerprint density at radius 1 is 1.25 bits per heavy atom. The Morgan fingerprint density at radius 2 is 1.85 bits per heavy atom. The van der Waals surface area contributed by atoms with Crippen LogP contribution < -0.4 is 4.90 Å². The van der Waals surface area contributed by atoms with E-state index < -0.39 is 0 Å². The maximum absolute atomic E-state index is 11.9. The van der Waals surface area contributed by atoms with Gasteiger partial charge in [0.1, 0.15) is 0 Å². The smallest absolute Gasteiger partial charge is 0.161 e. The summed E-state index contributed by atoms with van der Waals surface area (Å²) in [6, 6.07) is 7.63. The zero-order chi connectivity index (χ0) is 14.1. The van der Waals surface area contributed by atoms with Gasteiger partial charge in [0, 0.05) is 24.3 Å². The molecule has 0 aromatic heterocycles. The van der Waals surface area contributed by atoms with E-state index in [1.165, 1.54) is 25.7 Å². The first-order chi connectivity index (χ1) is 9.67. The van der Waals surface area contributed by atoms with Crippen LogP contribution in [0, 0.1) is 23.2 Å². The summed E-state index contributed by atoms with van der Waals surface area (Å²) in [5.74, 6) is 1.64. The number of nitrogens with zero attached hydrogens (tertiary/aromatic N) is 2. The van der Waals surface area contributed by atoms with E-state index in [9.17, 15) is 4.79 Å². The van der Waals surface area contributed by atoms with Crippen LogP contribution in [0.4, 0.5) is 5.69 Å². The molecule has 2 aliphatic rings. The van der Waals surface area contributed by atoms with Crippen LogP contribution in [0.1, 0.15) is 48.5 Å². The van der Waals surface area contributed by atoms with E-state index in [-0.39, 0.29) is 5.78 Å². The van der Waals surface area contributed by atoms with Crippen molar-refractivity contribution in [1.29, 1.82) is 5.26 Å². The lowest BCUT2D eigenvalue weighted by molar-refractivity contribution is 0.101. The lowest BCUT2D eigenvalue weighted by atomic mass is 10.0. The fourth-order valence-electron chi connectivity index (χ4n) is 2.66. The summed E-state index contributed by atoms with van der Waals surface area (Å²) in [5, 5.41) is 9.11. The zero-order valence-corrected chi connectivity index (χ0v) is 11.9. The van der Waals surface area contributed by atoms with Crippen LogP contribution in [0.3, 0.4) is 0 Å². The average molecular weight is 268 g/mol. The molecule has 0 spiro atoms. The second kappa shape index (κ2) is 5.28. The molecule has 3 heteroatoms. The van der Waals surface area contributed by atoms with Crippen molar-refractivity contribution in [3.8, 4) is 6.07 Å². The van der Waals surface area contributed by atoms with Gasteiger partial charge in [-0.25, -0.2) is 0 Å². The molecule has 0 bridgehead atoms. The summed E-state index contributed by atoms with van der Waals surface area (Å²) in [6.45, 7) is 3.68. The van der Waals surface area contributed by atoms with Gasteiger partial charge in [0.25, 0.3) is 0 Å². The topological polar surface area (TPSA) is 44.1 Å². The predicted octanol–water partition coefficient (Wildman–Crippen LogP) is 3.39. The molecule has 0 atom stereocenters. The number of hydrogen-bond acceptors (Lipinski definition) is 3. The average Bonchev–Trinajstić information content (AvgIpc) is 3.32. The van der Waals surface area contributed by atoms with Gasteiger partial charge in [0.15, 0.2) is 5.78 Å². The standard InChI is InChI=1S/C17H20N2O/c1-12(20)16-7-6-15(9-18)8-17(16)19(10-13-2-3-13)11-14-4-5-14/h6-8,13-14H,2-5,10-11H2,1H3. The Bertz CT molecular complexity index is 551. The van der Waals surface area contributed by atoms with Crippen LogP contribution in [0.25, 0.3) is 0 Å². The predicted molar refractivity (Wildman–Crippen MR) is 78.8 cm³/mol. The van der Waals surface area contributed by atoms with Gasteiger partial charge in [0.2, 0.25) is 0 Å². The minimum absolute atomic E-state index is 0.0843. The van der Waals surface area contributed by atoms with Gasteiger partial charge in [0.05, 0.1) is 11.6 Å². The Morgan fingerprint density at radius 3 is 2.30 bits per heavy atom. The minimum Gasteiger partial charge on any atom is -0.370 e. The van der Waals surface area contributed by atoms with Gasteiger partial charge < -0.3 is 4.90 Å². The largest absolute Gasteiger partial charge is 0.370 e. The second-order valence-corrected chi connectivity index (χ2v) is 6.19. The lowest BCUT2D eigenvalue weighted by Crippen LogP contribution is -2.29. The highest BCUT2D eigenvalue weighted by molar-refractivity contribution is 6.00. The molecule has 0 heterocycles. The third-order valence-electron chi connectivity index (χ3n) is 4.20. The summed E-state index contributed by atoms with van der Waals surface area (Å²) in [4.78, 5) is 14.2. The van der Waals surface area contributed by atoms with E-state index in [1.54, 1.807) is 13.0 Å². The Hall–Kier alpha value is -1.82. The summed E-state index contributed by atoms with van der Waals surface area (Å²) < 4.78 is 0. The monoisotopic (exact) mass is 268 g/mol. The first kappa shape index (κ1) is 13.2. The van der Waals surface area contributed by atoms with Gasteiger partial charge >= 0.3 is 0 Å². The third-order valence-corrected chi connectivity index (χ3v) is 4.20. The molecule has 0 aliphatic heterocycles. The Balaban J connectivity index is 1.93. The number of rotatable bonds is 6. The fourth-order valence-corrected chi connectivity index (χ4v) is 2.66. The third kappa shape index (κ3) is 3.01. The maximum atomic E-state index is 11.9. The van der Waals surface area contributed by atoms with Crippen LogP contribution in [0.5, 0.6) is 0 Å². The van der Waals surface area contributed by atoms with E-state index in [2.05, 4.69) is 11.0 Å². The molecular formula is C17H20N2O. The highest BCUT2D eigenvalue weighted by Crippen LogP contribution is 2.37. The van der Waals surface area contributed by atoms with Gasteiger partial charge in [-0.05, 0) is 62.6 Å². The molecule has 0 unspecified atom stereocenters. The fraction of sp³-hybridized carbons (Fsp3) is 0.529. The van der Waals surface area contributed by atoms with E-state index in [0.717, 1.165) is 36.2 Å². The number of carbonyl (C=O) groups excluding carboxylic acids is 1. The van der Waals surface area contributed by atoms with E-state index in [0.29, 0.717) is 5.56 Å². The van der Waals surface area contributed by atoms with Crippen LogP contribution in [0.15, 0.2) is 18.2 Å². The Labute approximate surface area is 120 Å². The number of Topliss-reactive ketones (excluding diaryl/α,β-unsaturated/α-hetero) is 1. The molecule has 0 N–H and O–H groups in total. The highest BCUT2D eigenvalue weighted by Gasteiger charge is 2.30. The number of benzene rings is 1. The molecule has 2 saturated carbocycles. The van der Waals surface area contributed by atoms with E-state index in [1.807, 2.05) is 12.1 Å². The van der Waals surface area contributed by atoms with E-state index >= 15 is 0 Å². The van der Waals surface area contributed by atoms with Crippen molar-refractivity contribution >= 4 is 11.5 Å². The Kier molecular flexibility index (Phi) is 3.48. The van der Waals surface area contributed by atoms with Crippen LogP contribution in [0.2, 0.25) is 0 Å². The molecule has 2 aliphatic carbocycles. The number of nitriles is 1. The number of anilines is 1. The zero-order valence-electron chi connectivity index (χ0n) is 11.9. The summed E-state index contributed by atoms with van der Waals surface area (Å²) in [5.41, 5.74) is 2.36. The van der Waals surface area contributed by atoms with Gasteiger partial charge in [-0.3, -0.25) is 4.79 Å². The summed E-state index contributed by atoms with van der Waals surface area (Å²) >= 11 is 0. The van der Waals surface area contributed by atoms with Crippen molar-refractivity contribution in [1.82, 2.24) is 0 Å². The number of ketones is 1. The van der Waals surface area contributed by atoms with Crippen molar-refractivity contribution < 1.29 is 4.79 Å². The highest BCUT2D eigenvalue weighted by atomic mass is 16.1. The maximum Gasteiger partial charge on any atom is 0.161 e. The van der Waals surface area contributed by atoms with Gasteiger partial charge in [-0.1, -0.05) is 0 Å². The van der Waals surface area contributed by atoms with Crippen molar-refractivity contribution in [3.63, 3.8) is 0 Å². The van der Waals surface area contributed by atoms with Crippen molar-refractivity contribution in [2.45, 2.75) is 32.6 Å². The molecule has 0 radical (unpaired) electrons. The SMILES string of the molecule is CC(=O)c1ccc(C#N)cc1N(CC1CC1)CC1CC1. The van der Waals surface area contributed by atoms with Gasteiger partial charge in [-0.15, -0.1) is 0 Å². The molecule has 3 rings (SSSR count). The summed E-state index contributed by atoms with van der Waals surface area (Å²) in [7, 11) is 0. The number of carbonyl (C=O) groups is 1. The van der Waals surface area contributed by atoms with Crippen molar-refractivity contribution in [3.05, 3.63) is 29.3 Å². The summed E-state index contributed by atoms with van der Waals surface area (Å²) in [6.07, 6.45) is 5.20. The first-order valence-electron chi connectivity index (χ1n) is 7.47. The normalized spacial score (nSPS) is 17.6. The van der Waals surface area contributed by atoms with Crippen molar-refractivity contribution in [2.24, 2.45) is 11.8 Å². The molecule has 0 saturated heterocycles. The quantitative estimate of drug-likeness (QED) is 0.743. The molecular weight excluding hydrogens is 248 g/mol. The first-order valence-corrected chi connectivity index (χ1v) is 7.47. The molecule has 2 fully saturated rings. The number of hydrogen-bond donors (Lipinski definition) is 0. The molecule has 1 aromatic carbocycles. The second-order valence-electron chi connectivity index (χ2n) is 6.19. The molecule has 20 heavy (non-hydrogen) atoms. The molecule has 0 amide bonds. The molecule has 3 nitrogen and oxygen atoms in total. The van der Waals surface area contributed by atoms with Crippen LogP contribution >= 0.6 is 0 Å². The molecule has 1 aromatic rings. The minimum atomic E-state index is 0.0843. The van der Waals surface area contributed by atoms with E-state index in [4.69, 9.17) is 5.26 Å². The van der Waals surface area contributed by atoms with Crippen LogP contribution in [-0.4, -0.2) is 18.9 Å². The van der Waals surface area contributed by atoms with Gasteiger partial charge in [-0.2, -0.15) is 5.26 Å². The van der Waals surface area contributed by atoms with Crippen LogP contribution in [-0.2, 0) is 0 Å².